The van der Waals surface area contributed by atoms with Crippen molar-refractivity contribution in [2.24, 2.45) is 0 Å². The molecule has 5 nitrogen and oxygen atoms in total. The highest BCUT2D eigenvalue weighted by Gasteiger charge is 2.07. The second kappa shape index (κ2) is 6.05. The van der Waals surface area contributed by atoms with Gasteiger partial charge in [-0.3, -0.25) is 0 Å². The zero-order valence-electron chi connectivity index (χ0n) is 13.2. The molecule has 0 aliphatic rings. The molecule has 0 atom stereocenters. The number of nitrogens with zero attached hydrogens (tertiary/aromatic N) is 4. The number of ether oxygens (including phenoxy) is 1. The van der Waals surface area contributed by atoms with Crippen molar-refractivity contribution in [2.45, 2.75) is 13.8 Å². The van der Waals surface area contributed by atoms with Gasteiger partial charge in [0.15, 0.2) is 0 Å². The molecular formula is C17H20N4O. The van der Waals surface area contributed by atoms with Crippen molar-refractivity contribution in [2.75, 3.05) is 25.1 Å². The quantitative estimate of drug-likeness (QED) is 0.724. The maximum Gasteiger partial charge on any atom is 0.121 e. The fourth-order valence-corrected chi connectivity index (χ4v) is 2.52. The lowest BCUT2D eigenvalue weighted by Gasteiger charge is -2.20. The van der Waals surface area contributed by atoms with Crippen LogP contribution in [0.25, 0.3) is 16.7 Å². The summed E-state index contributed by atoms with van der Waals surface area (Å²) >= 11 is 0. The smallest absolute Gasteiger partial charge is 0.121 e. The molecule has 0 radical (unpaired) electrons. The number of anilines is 1. The molecule has 0 saturated heterocycles. The summed E-state index contributed by atoms with van der Waals surface area (Å²) in [6.45, 7) is 6.32. The SMILES string of the molecule is CCN(CC)c1ccc(-n2nc3ccc(OC)cc3n2)cc1. The molecule has 1 aromatic heterocycles. The number of hydrogen-bond acceptors (Lipinski definition) is 4. The molecular weight excluding hydrogens is 276 g/mol. The number of methoxy groups -OCH3 is 1. The summed E-state index contributed by atoms with van der Waals surface area (Å²) in [4.78, 5) is 3.97. The lowest BCUT2D eigenvalue weighted by atomic mass is 10.2. The molecule has 1 heterocycles. The van der Waals surface area contributed by atoms with Crippen LogP contribution in [0.2, 0.25) is 0 Å². The van der Waals surface area contributed by atoms with Gasteiger partial charge in [0.2, 0.25) is 0 Å². The van der Waals surface area contributed by atoms with Crippen molar-refractivity contribution in [1.82, 2.24) is 15.0 Å². The second-order valence-electron chi connectivity index (χ2n) is 5.03. The minimum atomic E-state index is 0.788. The molecule has 3 rings (SSSR count). The number of aromatic nitrogens is 3. The van der Waals surface area contributed by atoms with Crippen LogP contribution in [0.4, 0.5) is 5.69 Å². The third kappa shape index (κ3) is 2.62. The maximum atomic E-state index is 5.22. The van der Waals surface area contributed by atoms with Crippen molar-refractivity contribution in [1.29, 1.82) is 0 Å². The molecule has 2 aromatic carbocycles. The predicted octanol–water partition coefficient (Wildman–Crippen LogP) is 3.28. The topological polar surface area (TPSA) is 43.2 Å². The highest BCUT2D eigenvalue weighted by molar-refractivity contribution is 5.75. The van der Waals surface area contributed by atoms with Gasteiger partial charge in [-0.1, -0.05) is 0 Å². The zero-order valence-corrected chi connectivity index (χ0v) is 13.2. The molecule has 0 unspecified atom stereocenters. The van der Waals surface area contributed by atoms with Gasteiger partial charge >= 0.3 is 0 Å². The number of rotatable bonds is 5. The Kier molecular flexibility index (Phi) is 3.96. The van der Waals surface area contributed by atoms with Crippen LogP contribution in [0.1, 0.15) is 13.8 Å². The van der Waals surface area contributed by atoms with Crippen molar-refractivity contribution in [3.8, 4) is 11.4 Å². The molecule has 5 heteroatoms. The van der Waals surface area contributed by atoms with E-state index in [2.05, 4.69) is 41.1 Å². The standard InChI is InChI=1S/C17H20N4O/c1-4-20(5-2)13-6-8-14(9-7-13)21-18-16-11-10-15(22-3)12-17(16)19-21/h6-12H,4-5H2,1-3H3. The van der Waals surface area contributed by atoms with Crippen LogP contribution >= 0.6 is 0 Å². The summed E-state index contributed by atoms with van der Waals surface area (Å²) in [6.07, 6.45) is 0. The lowest BCUT2D eigenvalue weighted by Crippen LogP contribution is -2.21. The average molecular weight is 296 g/mol. The van der Waals surface area contributed by atoms with Gasteiger partial charge in [-0.25, -0.2) is 0 Å². The van der Waals surface area contributed by atoms with Crippen LogP contribution in [-0.4, -0.2) is 35.2 Å². The van der Waals surface area contributed by atoms with Crippen molar-refractivity contribution < 1.29 is 4.74 Å². The van der Waals surface area contributed by atoms with Crippen LogP contribution in [-0.2, 0) is 0 Å². The van der Waals surface area contributed by atoms with Crippen LogP contribution in [0.5, 0.6) is 5.75 Å². The average Bonchev–Trinajstić information content (AvgIpc) is 2.99. The summed E-state index contributed by atoms with van der Waals surface area (Å²) < 4.78 is 5.22. The highest BCUT2D eigenvalue weighted by Crippen LogP contribution is 2.20. The Morgan fingerprint density at radius 1 is 0.955 bits per heavy atom. The summed E-state index contributed by atoms with van der Waals surface area (Å²) in [5.74, 6) is 0.788. The molecule has 114 valence electrons. The number of hydrogen-bond donors (Lipinski definition) is 0. The van der Waals surface area contributed by atoms with E-state index in [0.717, 1.165) is 35.6 Å². The number of fused-ring (bicyclic) bond motifs is 1. The molecule has 0 fully saturated rings. The summed E-state index contributed by atoms with van der Waals surface area (Å²) in [6, 6.07) is 14.0. The van der Waals surface area contributed by atoms with Gasteiger partial charge in [0.05, 0.1) is 12.8 Å². The predicted molar refractivity (Wildman–Crippen MR) is 89.0 cm³/mol. The maximum absolute atomic E-state index is 5.22. The van der Waals surface area contributed by atoms with E-state index < -0.39 is 0 Å². The van der Waals surface area contributed by atoms with Crippen LogP contribution in [0.15, 0.2) is 42.5 Å². The monoisotopic (exact) mass is 296 g/mol. The van der Waals surface area contributed by atoms with Crippen molar-refractivity contribution >= 4 is 16.7 Å². The van der Waals surface area contributed by atoms with Gasteiger partial charge in [0.25, 0.3) is 0 Å². The van der Waals surface area contributed by atoms with Gasteiger partial charge in [0.1, 0.15) is 16.8 Å². The van der Waals surface area contributed by atoms with Crippen molar-refractivity contribution in [3.63, 3.8) is 0 Å². The fourth-order valence-electron chi connectivity index (χ4n) is 2.52. The van der Waals surface area contributed by atoms with E-state index in [1.807, 2.05) is 30.3 Å². The Hall–Kier alpha value is -2.56. The minimum Gasteiger partial charge on any atom is -0.497 e. The first kappa shape index (κ1) is 14.4. The Bertz CT molecular complexity index is 760. The van der Waals surface area contributed by atoms with Gasteiger partial charge in [0, 0.05) is 24.8 Å². The summed E-state index contributed by atoms with van der Waals surface area (Å²) in [5, 5.41) is 9.03. The molecule has 0 saturated carbocycles. The fraction of sp³-hybridized carbons (Fsp3) is 0.294. The third-order valence-electron chi connectivity index (χ3n) is 3.80. The largest absolute Gasteiger partial charge is 0.497 e. The van der Waals surface area contributed by atoms with E-state index in [-0.39, 0.29) is 0 Å². The van der Waals surface area contributed by atoms with Crippen LogP contribution in [0.3, 0.4) is 0 Å². The van der Waals surface area contributed by atoms with Crippen LogP contribution < -0.4 is 9.64 Å². The third-order valence-corrected chi connectivity index (χ3v) is 3.80. The Morgan fingerprint density at radius 3 is 2.27 bits per heavy atom. The molecule has 22 heavy (non-hydrogen) atoms. The first-order chi connectivity index (χ1) is 10.7. The van der Waals surface area contributed by atoms with E-state index >= 15 is 0 Å². The van der Waals surface area contributed by atoms with Gasteiger partial charge in [-0.05, 0) is 50.2 Å². The molecule has 0 spiro atoms. The van der Waals surface area contributed by atoms with Gasteiger partial charge in [-0.2, -0.15) is 4.80 Å². The van der Waals surface area contributed by atoms with Gasteiger partial charge < -0.3 is 9.64 Å². The van der Waals surface area contributed by atoms with E-state index in [4.69, 9.17) is 4.74 Å². The molecule has 3 aromatic rings. The van der Waals surface area contributed by atoms with Crippen molar-refractivity contribution in [3.05, 3.63) is 42.5 Å². The summed E-state index contributed by atoms with van der Waals surface area (Å²) in [5.41, 5.74) is 3.85. The molecule has 0 aliphatic heterocycles. The highest BCUT2D eigenvalue weighted by atomic mass is 16.5. The van der Waals surface area contributed by atoms with Crippen LogP contribution in [0, 0.1) is 0 Å². The Morgan fingerprint density at radius 2 is 1.64 bits per heavy atom. The van der Waals surface area contributed by atoms with E-state index in [0.29, 0.717) is 0 Å². The van der Waals surface area contributed by atoms with E-state index in [1.165, 1.54) is 5.69 Å². The minimum absolute atomic E-state index is 0.788. The Balaban J connectivity index is 1.93. The normalized spacial score (nSPS) is 10.9. The van der Waals surface area contributed by atoms with E-state index in [9.17, 15) is 0 Å². The molecule has 0 aliphatic carbocycles. The molecule has 0 bridgehead atoms. The molecule has 0 amide bonds. The first-order valence-corrected chi connectivity index (χ1v) is 7.51. The summed E-state index contributed by atoms with van der Waals surface area (Å²) in [7, 11) is 1.65. The Labute approximate surface area is 130 Å². The number of benzene rings is 2. The van der Waals surface area contributed by atoms with E-state index in [1.54, 1.807) is 11.9 Å². The molecule has 0 N–H and O–H groups in total. The zero-order chi connectivity index (χ0) is 15.5. The second-order valence-corrected chi connectivity index (χ2v) is 5.03. The first-order valence-electron chi connectivity index (χ1n) is 7.51. The lowest BCUT2D eigenvalue weighted by molar-refractivity contribution is 0.415. The van der Waals surface area contributed by atoms with Gasteiger partial charge in [-0.15, -0.1) is 10.2 Å².